The average molecular weight is 355 g/mol. The number of carbonyl (C=O) groups is 2. The molecule has 0 radical (unpaired) electrons. The highest BCUT2D eigenvalue weighted by atomic mass is 16.2. The Morgan fingerprint density at radius 1 is 1.12 bits per heavy atom. The van der Waals surface area contributed by atoms with Crippen molar-refractivity contribution in [1.29, 1.82) is 0 Å². The monoisotopic (exact) mass is 355 g/mol. The van der Waals surface area contributed by atoms with Crippen molar-refractivity contribution in [3.63, 3.8) is 0 Å². The van der Waals surface area contributed by atoms with Gasteiger partial charge in [0.1, 0.15) is 0 Å². The molecule has 2 atom stereocenters. The van der Waals surface area contributed by atoms with E-state index in [0.717, 1.165) is 50.4 Å². The van der Waals surface area contributed by atoms with Gasteiger partial charge in [0.25, 0.3) is 0 Å². The molecule has 2 unspecified atom stereocenters. The smallest absolute Gasteiger partial charge is 0.230 e. The number of fused-ring (bicyclic) bond motifs is 1. The van der Waals surface area contributed by atoms with Crippen LogP contribution in [0.5, 0.6) is 0 Å². The molecule has 1 aromatic carbocycles. The van der Waals surface area contributed by atoms with E-state index in [1.165, 1.54) is 12.8 Å². The maximum atomic E-state index is 13.5. The van der Waals surface area contributed by atoms with Gasteiger partial charge in [-0.15, -0.1) is 0 Å². The molecule has 1 amide bonds. The molecule has 140 valence electrons. The van der Waals surface area contributed by atoms with Crippen LogP contribution in [-0.4, -0.2) is 78.7 Å². The topological polar surface area (TPSA) is 43.9 Å². The normalized spacial score (nSPS) is 27.6. The number of hydrogen-bond acceptors (Lipinski definition) is 4. The molecule has 0 saturated carbocycles. The van der Waals surface area contributed by atoms with Crippen LogP contribution < -0.4 is 0 Å². The first-order valence-electron chi connectivity index (χ1n) is 9.97. The Morgan fingerprint density at radius 3 is 2.69 bits per heavy atom. The van der Waals surface area contributed by atoms with Crippen LogP contribution in [0, 0.1) is 0 Å². The molecule has 26 heavy (non-hydrogen) atoms. The molecule has 2 aliphatic heterocycles. The summed E-state index contributed by atoms with van der Waals surface area (Å²) in [6.45, 7) is 5.95. The van der Waals surface area contributed by atoms with E-state index in [1.54, 1.807) is 0 Å². The third kappa shape index (κ3) is 3.42. The summed E-state index contributed by atoms with van der Waals surface area (Å²) in [5, 5.41) is 0. The predicted molar refractivity (Wildman–Crippen MR) is 101 cm³/mol. The van der Waals surface area contributed by atoms with E-state index >= 15 is 0 Å². The second-order valence-electron chi connectivity index (χ2n) is 8.06. The third-order valence-electron chi connectivity index (χ3n) is 6.23. The molecule has 2 fully saturated rings. The second kappa shape index (κ2) is 7.49. The van der Waals surface area contributed by atoms with E-state index < -0.39 is 0 Å². The number of likely N-dealkylation sites (N-methyl/N-ethyl adjacent to an activating group) is 1. The van der Waals surface area contributed by atoms with Gasteiger partial charge >= 0.3 is 0 Å². The summed E-state index contributed by atoms with van der Waals surface area (Å²) in [6.07, 6.45) is 3.68. The largest absolute Gasteiger partial charge is 0.335 e. The standard InChI is InChI=1S/C21H29N3O2/c1-22-12-13-24(16(14-22)15-23-10-4-5-11-23)21(26)19-8-9-20(25)18-7-3-2-6-17(18)19/h2-3,6-7,16,19H,4-5,8-15H2,1H3. The lowest BCUT2D eigenvalue weighted by molar-refractivity contribution is -0.138. The lowest BCUT2D eigenvalue weighted by atomic mass is 9.81. The van der Waals surface area contributed by atoms with Crippen LogP contribution in [0.15, 0.2) is 24.3 Å². The van der Waals surface area contributed by atoms with Gasteiger partial charge in [-0.3, -0.25) is 9.59 Å². The number of piperazine rings is 1. The molecule has 0 bridgehead atoms. The summed E-state index contributed by atoms with van der Waals surface area (Å²) in [5.74, 6) is 0.243. The third-order valence-corrected chi connectivity index (χ3v) is 6.23. The Labute approximate surface area is 155 Å². The molecule has 1 aliphatic carbocycles. The number of likely N-dealkylation sites (tertiary alicyclic amines) is 1. The van der Waals surface area contributed by atoms with Crippen LogP contribution >= 0.6 is 0 Å². The maximum Gasteiger partial charge on any atom is 0.230 e. The molecule has 2 saturated heterocycles. The van der Waals surface area contributed by atoms with Crippen LogP contribution in [0.25, 0.3) is 0 Å². The van der Waals surface area contributed by atoms with Crippen molar-refractivity contribution in [2.75, 3.05) is 46.3 Å². The Morgan fingerprint density at radius 2 is 1.88 bits per heavy atom. The van der Waals surface area contributed by atoms with Crippen LogP contribution in [-0.2, 0) is 4.79 Å². The zero-order valence-electron chi connectivity index (χ0n) is 15.7. The van der Waals surface area contributed by atoms with Crippen molar-refractivity contribution < 1.29 is 9.59 Å². The fourth-order valence-electron chi connectivity index (χ4n) is 4.80. The number of nitrogens with zero attached hydrogens (tertiary/aromatic N) is 3. The fraction of sp³-hybridized carbons (Fsp3) is 0.619. The molecule has 0 spiro atoms. The molecular weight excluding hydrogens is 326 g/mol. The molecule has 4 rings (SSSR count). The highest BCUT2D eigenvalue weighted by molar-refractivity contribution is 6.01. The quantitative estimate of drug-likeness (QED) is 0.832. The summed E-state index contributed by atoms with van der Waals surface area (Å²) in [4.78, 5) is 32.7. The summed E-state index contributed by atoms with van der Waals surface area (Å²) in [7, 11) is 2.15. The number of carbonyl (C=O) groups excluding carboxylic acids is 2. The number of amides is 1. The average Bonchev–Trinajstić information content (AvgIpc) is 3.15. The maximum absolute atomic E-state index is 13.5. The first-order chi connectivity index (χ1) is 12.6. The summed E-state index contributed by atoms with van der Waals surface area (Å²) < 4.78 is 0. The first kappa shape index (κ1) is 17.7. The number of ketones is 1. The second-order valence-corrected chi connectivity index (χ2v) is 8.06. The molecule has 1 aromatic rings. The molecule has 0 N–H and O–H groups in total. The van der Waals surface area contributed by atoms with Gasteiger partial charge in [-0.2, -0.15) is 0 Å². The van der Waals surface area contributed by atoms with E-state index in [4.69, 9.17) is 0 Å². The van der Waals surface area contributed by atoms with E-state index in [2.05, 4.69) is 21.7 Å². The Kier molecular flexibility index (Phi) is 5.09. The van der Waals surface area contributed by atoms with Crippen LogP contribution in [0.4, 0.5) is 0 Å². The summed E-state index contributed by atoms with van der Waals surface area (Å²) >= 11 is 0. The van der Waals surface area contributed by atoms with Crippen molar-refractivity contribution >= 4 is 11.7 Å². The number of rotatable bonds is 3. The minimum atomic E-state index is -0.159. The van der Waals surface area contributed by atoms with Crippen molar-refractivity contribution in [2.45, 2.75) is 37.6 Å². The molecule has 5 nitrogen and oxygen atoms in total. The number of benzene rings is 1. The van der Waals surface area contributed by atoms with Gasteiger partial charge < -0.3 is 14.7 Å². The summed E-state index contributed by atoms with van der Waals surface area (Å²) in [5.41, 5.74) is 1.69. The zero-order chi connectivity index (χ0) is 18.1. The molecule has 5 heteroatoms. The number of hydrogen-bond donors (Lipinski definition) is 0. The Hall–Kier alpha value is -1.72. The minimum Gasteiger partial charge on any atom is -0.335 e. The highest BCUT2D eigenvalue weighted by Crippen LogP contribution is 2.34. The van der Waals surface area contributed by atoms with Gasteiger partial charge in [0.15, 0.2) is 5.78 Å². The minimum absolute atomic E-state index is 0.159. The lowest BCUT2D eigenvalue weighted by Gasteiger charge is -2.43. The molecular formula is C21H29N3O2. The van der Waals surface area contributed by atoms with Gasteiger partial charge in [-0.25, -0.2) is 0 Å². The Balaban J connectivity index is 1.55. The number of Topliss-reactive ketones (excluding diaryl/α,β-unsaturated/α-hetero) is 1. The zero-order valence-corrected chi connectivity index (χ0v) is 15.7. The van der Waals surface area contributed by atoms with Gasteiger partial charge in [0, 0.05) is 38.2 Å². The van der Waals surface area contributed by atoms with E-state index in [0.29, 0.717) is 12.8 Å². The van der Waals surface area contributed by atoms with E-state index in [9.17, 15) is 9.59 Å². The van der Waals surface area contributed by atoms with E-state index in [1.807, 2.05) is 24.3 Å². The predicted octanol–water partition coefficient (Wildman–Crippen LogP) is 1.99. The van der Waals surface area contributed by atoms with Crippen molar-refractivity contribution in [2.24, 2.45) is 0 Å². The SMILES string of the molecule is CN1CCN(C(=O)C2CCC(=O)c3ccccc32)C(CN2CCCC2)C1. The van der Waals surface area contributed by atoms with E-state index in [-0.39, 0.29) is 23.7 Å². The van der Waals surface area contributed by atoms with Crippen LogP contribution in [0.3, 0.4) is 0 Å². The van der Waals surface area contributed by atoms with Crippen molar-refractivity contribution in [3.8, 4) is 0 Å². The molecule has 2 heterocycles. The fourth-order valence-corrected chi connectivity index (χ4v) is 4.80. The Bertz CT molecular complexity index is 684. The van der Waals surface area contributed by atoms with Crippen LogP contribution in [0.2, 0.25) is 0 Å². The first-order valence-corrected chi connectivity index (χ1v) is 9.97. The lowest BCUT2D eigenvalue weighted by Crippen LogP contribution is -2.58. The van der Waals surface area contributed by atoms with Gasteiger partial charge in [0.05, 0.1) is 12.0 Å². The van der Waals surface area contributed by atoms with Gasteiger partial charge in [-0.1, -0.05) is 24.3 Å². The van der Waals surface area contributed by atoms with Crippen molar-refractivity contribution in [3.05, 3.63) is 35.4 Å². The molecule has 0 aromatic heterocycles. The molecule has 3 aliphatic rings. The highest BCUT2D eigenvalue weighted by Gasteiger charge is 2.37. The summed E-state index contributed by atoms with van der Waals surface area (Å²) in [6, 6.07) is 7.95. The van der Waals surface area contributed by atoms with Gasteiger partial charge in [-0.05, 0) is 45.0 Å². The van der Waals surface area contributed by atoms with Gasteiger partial charge in [0.2, 0.25) is 5.91 Å². The van der Waals surface area contributed by atoms with Crippen LogP contribution in [0.1, 0.15) is 47.5 Å². The van der Waals surface area contributed by atoms with Crippen molar-refractivity contribution in [1.82, 2.24) is 14.7 Å².